The zero-order chi connectivity index (χ0) is 7.84. The molecule has 11 heavy (non-hydrogen) atoms. The molecule has 0 unspecified atom stereocenters. The maximum absolute atomic E-state index is 5.55. The number of aromatic nitrogens is 3. The SMILES string of the molecule is Nc1ncc2[nH]ncc2c1Br. The molecule has 0 saturated carbocycles. The Morgan fingerprint density at radius 2 is 2.27 bits per heavy atom. The van der Waals surface area contributed by atoms with Crippen LogP contribution in [0.15, 0.2) is 16.9 Å². The van der Waals surface area contributed by atoms with Crippen LogP contribution < -0.4 is 5.73 Å². The van der Waals surface area contributed by atoms with Gasteiger partial charge in [0.05, 0.1) is 22.4 Å². The number of nitrogens with one attached hydrogen (secondary N) is 1. The molecule has 2 heterocycles. The van der Waals surface area contributed by atoms with Gasteiger partial charge in [0.15, 0.2) is 0 Å². The van der Waals surface area contributed by atoms with Crippen LogP contribution in [0.4, 0.5) is 5.82 Å². The van der Waals surface area contributed by atoms with E-state index < -0.39 is 0 Å². The fourth-order valence-electron chi connectivity index (χ4n) is 0.898. The lowest BCUT2D eigenvalue weighted by molar-refractivity contribution is 1.11. The maximum Gasteiger partial charge on any atom is 0.138 e. The normalized spacial score (nSPS) is 10.6. The number of nitrogen functional groups attached to an aromatic ring is 1. The number of hydrogen-bond donors (Lipinski definition) is 2. The summed E-state index contributed by atoms with van der Waals surface area (Å²) in [6, 6.07) is 0. The Hall–Kier alpha value is -1.10. The van der Waals surface area contributed by atoms with E-state index in [1.54, 1.807) is 12.4 Å². The van der Waals surface area contributed by atoms with Gasteiger partial charge in [-0.25, -0.2) is 4.98 Å². The molecule has 2 rings (SSSR count). The van der Waals surface area contributed by atoms with Crippen LogP contribution in [0.1, 0.15) is 0 Å². The number of fused-ring (bicyclic) bond motifs is 1. The van der Waals surface area contributed by atoms with Crippen LogP contribution in [-0.4, -0.2) is 15.2 Å². The summed E-state index contributed by atoms with van der Waals surface area (Å²) in [7, 11) is 0. The van der Waals surface area contributed by atoms with Crippen molar-refractivity contribution in [1.29, 1.82) is 0 Å². The summed E-state index contributed by atoms with van der Waals surface area (Å²) in [5.41, 5.74) is 6.43. The number of halogens is 1. The average Bonchev–Trinajstić information content (AvgIpc) is 2.45. The van der Waals surface area contributed by atoms with Crippen molar-refractivity contribution in [3.8, 4) is 0 Å². The number of anilines is 1. The highest BCUT2D eigenvalue weighted by Crippen LogP contribution is 2.25. The molecule has 0 saturated heterocycles. The molecular weight excluding hydrogens is 208 g/mol. The molecule has 4 nitrogen and oxygen atoms in total. The minimum absolute atomic E-state index is 0.485. The van der Waals surface area contributed by atoms with Crippen LogP contribution in [0.25, 0.3) is 10.9 Å². The predicted octanol–water partition coefficient (Wildman–Crippen LogP) is 1.30. The zero-order valence-corrected chi connectivity index (χ0v) is 7.09. The molecule has 0 atom stereocenters. The lowest BCUT2D eigenvalue weighted by Gasteiger charge is -1.95. The highest BCUT2D eigenvalue weighted by molar-refractivity contribution is 9.10. The Kier molecular flexibility index (Phi) is 1.32. The number of nitrogens with zero attached hydrogens (tertiary/aromatic N) is 2. The van der Waals surface area contributed by atoms with Gasteiger partial charge in [0.1, 0.15) is 5.82 Å². The van der Waals surface area contributed by atoms with Crippen LogP contribution in [0.5, 0.6) is 0 Å². The molecule has 0 aliphatic heterocycles. The number of hydrogen-bond acceptors (Lipinski definition) is 3. The van der Waals surface area contributed by atoms with Gasteiger partial charge in [-0.3, -0.25) is 5.10 Å². The van der Waals surface area contributed by atoms with Crippen molar-refractivity contribution in [2.24, 2.45) is 0 Å². The van der Waals surface area contributed by atoms with Gasteiger partial charge in [-0.2, -0.15) is 5.10 Å². The Labute approximate surface area is 70.9 Å². The van der Waals surface area contributed by atoms with Gasteiger partial charge < -0.3 is 5.73 Å². The summed E-state index contributed by atoms with van der Waals surface area (Å²) in [5.74, 6) is 0.485. The monoisotopic (exact) mass is 212 g/mol. The maximum atomic E-state index is 5.55. The second-order valence-electron chi connectivity index (χ2n) is 2.15. The molecule has 0 bridgehead atoms. The van der Waals surface area contributed by atoms with Crippen LogP contribution in [0.2, 0.25) is 0 Å². The van der Waals surface area contributed by atoms with Gasteiger partial charge >= 0.3 is 0 Å². The number of H-pyrrole nitrogens is 1. The summed E-state index contributed by atoms with van der Waals surface area (Å²) >= 11 is 3.31. The molecule has 0 aliphatic rings. The number of nitrogens with two attached hydrogens (primary N) is 1. The minimum Gasteiger partial charge on any atom is -0.383 e. The van der Waals surface area contributed by atoms with Gasteiger partial charge in [0, 0.05) is 5.39 Å². The average molecular weight is 213 g/mol. The van der Waals surface area contributed by atoms with Crippen molar-refractivity contribution in [2.45, 2.75) is 0 Å². The second kappa shape index (κ2) is 2.20. The first kappa shape index (κ1) is 6.60. The van der Waals surface area contributed by atoms with Crippen LogP contribution in [0.3, 0.4) is 0 Å². The van der Waals surface area contributed by atoms with Crippen molar-refractivity contribution in [1.82, 2.24) is 15.2 Å². The highest BCUT2D eigenvalue weighted by atomic mass is 79.9. The van der Waals surface area contributed by atoms with Gasteiger partial charge in [0.25, 0.3) is 0 Å². The van der Waals surface area contributed by atoms with E-state index in [2.05, 4.69) is 31.1 Å². The Morgan fingerprint density at radius 1 is 1.45 bits per heavy atom. The summed E-state index contributed by atoms with van der Waals surface area (Å²) in [4.78, 5) is 3.94. The predicted molar refractivity (Wildman–Crippen MR) is 46.0 cm³/mol. The third-order valence-corrected chi connectivity index (χ3v) is 2.30. The molecule has 0 spiro atoms. The molecule has 0 fully saturated rings. The lowest BCUT2D eigenvalue weighted by atomic mass is 10.3. The van der Waals surface area contributed by atoms with Gasteiger partial charge in [0.2, 0.25) is 0 Å². The quantitative estimate of drug-likeness (QED) is 0.692. The number of pyridine rings is 1. The highest BCUT2D eigenvalue weighted by Gasteiger charge is 2.03. The minimum atomic E-state index is 0.485. The topological polar surface area (TPSA) is 67.6 Å². The van der Waals surface area contributed by atoms with E-state index in [0.29, 0.717) is 5.82 Å². The number of aromatic amines is 1. The molecule has 56 valence electrons. The molecule has 0 aliphatic carbocycles. The van der Waals surface area contributed by atoms with E-state index in [-0.39, 0.29) is 0 Å². The van der Waals surface area contributed by atoms with Crippen LogP contribution in [0, 0.1) is 0 Å². The largest absolute Gasteiger partial charge is 0.383 e. The molecule has 2 aromatic rings. The fourth-order valence-corrected chi connectivity index (χ4v) is 1.32. The molecule has 2 aromatic heterocycles. The first-order chi connectivity index (χ1) is 5.29. The van der Waals surface area contributed by atoms with Crippen molar-refractivity contribution in [2.75, 3.05) is 5.73 Å². The molecule has 0 amide bonds. The lowest BCUT2D eigenvalue weighted by Crippen LogP contribution is -1.90. The van der Waals surface area contributed by atoms with Crippen molar-refractivity contribution >= 4 is 32.7 Å². The Bertz CT molecular complexity index is 394. The second-order valence-corrected chi connectivity index (χ2v) is 2.95. The Morgan fingerprint density at radius 3 is 3.09 bits per heavy atom. The van der Waals surface area contributed by atoms with E-state index in [4.69, 9.17) is 5.73 Å². The molecule has 0 aromatic carbocycles. The fraction of sp³-hybridized carbons (Fsp3) is 0. The van der Waals surface area contributed by atoms with Gasteiger partial charge in [-0.05, 0) is 15.9 Å². The molecule has 5 heteroatoms. The summed E-state index contributed by atoms with van der Waals surface area (Å²) < 4.78 is 0.795. The van der Waals surface area contributed by atoms with Crippen LogP contribution >= 0.6 is 15.9 Å². The van der Waals surface area contributed by atoms with Crippen molar-refractivity contribution in [3.05, 3.63) is 16.9 Å². The molecule has 0 radical (unpaired) electrons. The van der Waals surface area contributed by atoms with E-state index in [9.17, 15) is 0 Å². The summed E-state index contributed by atoms with van der Waals surface area (Å²) in [6.45, 7) is 0. The van der Waals surface area contributed by atoms with E-state index >= 15 is 0 Å². The Balaban J connectivity index is 2.93. The van der Waals surface area contributed by atoms with E-state index in [1.807, 2.05) is 0 Å². The van der Waals surface area contributed by atoms with Gasteiger partial charge in [-0.1, -0.05) is 0 Å². The third kappa shape index (κ3) is 0.883. The zero-order valence-electron chi connectivity index (χ0n) is 5.50. The van der Waals surface area contributed by atoms with E-state index in [1.165, 1.54) is 0 Å². The van der Waals surface area contributed by atoms with Crippen molar-refractivity contribution in [3.63, 3.8) is 0 Å². The van der Waals surface area contributed by atoms with Crippen molar-refractivity contribution < 1.29 is 0 Å². The first-order valence-corrected chi connectivity index (χ1v) is 3.81. The smallest absolute Gasteiger partial charge is 0.138 e. The van der Waals surface area contributed by atoms with E-state index in [0.717, 1.165) is 15.4 Å². The summed E-state index contributed by atoms with van der Waals surface area (Å²) in [6.07, 6.45) is 3.36. The molecule has 3 N–H and O–H groups in total. The molecular formula is C6H5BrN4. The summed E-state index contributed by atoms with van der Waals surface area (Å²) in [5, 5.41) is 7.60. The standard InChI is InChI=1S/C6H5BrN4/c7-5-3-1-10-11-4(3)2-9-6(5)8/h1-2H,(H2,8,9)(H,10,11). The van der Waals surface area contributed by atoms with Crippen LogP contribution in [-0.2, 0) is 0 Å². The van der Waals surface area contributed by atoms with Gasteiger partial charge in [-0.15, -0.1) is 0 Å². The first-order valence-electron chi connectivity index (χ1n) is 3.02. The number of rotatable bonds is 0. The third-order valence-electron chi connectivity index (χ3n) is 1.46.